The molecule has 0 amide bonds. The Morgan fingerprint density at radius 2 is 2.35 bits per heavy atom. The van der Waals surface area contributed by atoms with Gasteiger partial charge in [0.05, 0.1) is 5.60 Å². The standard InChI is InChI=1S/C18H27N3O2/c1-17-6-4-14(15-3-2-9-20-12-15)11-18(17,22)7-5-16(17)13-21-23-10-8-19/h2-3,9,12-14,16,22H,4-8,10-11,19H2,1H3/b21-13+/t14-,16+,17+,18-/m0/s1. The number of oxime groups is 1. The maximum absolute atomic E-state index is 11.3. The number of nitrogens with two attached hydrogens (primary N) is 1. The van der Waals surface area contributed by atoms with Gasteiger partial charge >= 0.3 is 0 Å². The van der Waals surface area contributed by atoms with Crippen molar-refractivity contribution >= 4 is 6.21 Å². The zero-order chi connectivity index (χ0) is 16.3. The van der Waals surface area contributed by atoms with E-state index in [1.165, 1.54) is 5.56 Å². The fourth-order valence-electron chi connectivity index (χ4n) is 4.44. The van der Waals surface area contributed by atoms with Crippen molar-refractivity contribution < 1.29 is 9.94 Å². The highest BCUT2D eigenvalue weighted by atomic mass is 16.6. The first kappa shape index (κ1) is 16.4. The first-order valence-corrected chi connectivity index (χ1v) is 8.57. The normalized spacial score (nSPS) is 37.0. The summed E-state index contributed by atoms with van der Waals surface area (Å²) in [5.74, 6) is 0.658. The third kappa shape index (κ3) is 3.00. The van der Waals surface area contributed by atoms with Gasteiger partial charge in [-0.05, 0) is 49.7 Å². The van der Waals surface area contributed by atoms with Gasteiger partial charge in [0, 0.05) is 36.5 Å². The molecule has 126 valence electrons. The number of aromatic nitrogens is 1. The Kier molecular flexibility index (Phi) is 4.69. The molecule has 5 heteroatoms. The highest BCUT2D eigenvalue weighted by molar-refractivity contribution is 5.62. The Balaban J connectivity index is 1.72. The molecule has 23 heavy (non-hydrogen) atoms. The summed E-state index contributed by atoms with van der Waals surface area (Å²) < 4.78 is 0. The van der Waals surface area contributed by atoms with Crippen LogP contribution in [0.1, 0.15) is 50.5 Å². The summed E-state index contributed by atoms with van der Waals surface area (Å²) >= 11 is 0. The molecule has 5 nitrogen and oxygen atoms in total. The summed E-state index contributed by atoms with van der Waals surface area (Å²) in [4.78, 5) is 9.38. The molecule has 2 fully saturated rings. The van der Waals surface area contributed by atoms with Crippen molar-refractivity contribution in [3.8, 4) is 0 Å². The van der Waals surface area contributed by atoms with Gasteiger partial charge in [-0.2, -0.15) is 0 Å². The Bertz CT molecular complexity index is 550. The Morgan fingerprint density at radius 3 is 3.09 bits per heavy atom. The molecule has 2 saturated carbocycles. The van der Waals surface area contributed by atoms with Crippen molar-refractivity contribution in [1.29, 1.82) is 0 Å². The maximum atomic E-state index is 11.3. The lowest BCUT2D eigenvalue weighted by Crippen LogP contribution is -2.49. The minimum absolute atomic E-state index is 0.124. The van der Waals surface area contributed by atoms with Crippen LogP contribution >= 0.6 is 0 Å². The van der Waals surface area contributed by atoms with E-state index in [9.17, 15) is 5.11 Å². The molecule has 2 aliphatic rings. The van der Waals surface area contributed by atoms with Crippen LogP contribution in [0.25, 0.3) is 0 Å². The summed E-state index contributed by atoms with van der Waals surface area (Å²) in [5.41, 5.74) is 5.89. The number of hydrogen-bond donors (Lipinski definition) is 2. The summed E-state index contributed by atoms with van der Waals surface area (Å²) in [5, 5.41) is 15.4. The molecule has 3 rings (SSSR count). The molecule has 3 N–H and O–H groups in total. The second kappa shape index (κ2) is 6.57. The number of rotatable bonds is 5. The average molecular weight is 317 g/mol. The summed E-state index contributed by atoms with van der Waals surface area (Å²) in [6, 6.07) is 4.10. The van der Waals surface area contributed by atoms with Crippen molar-refractivity contribution in [2.45, 2.75) is 50.5 Å². The number of fused-ring (bicyclic) bond motifs is 1. The number of aliphatic hydroxyl groups is 1. The van der Waals surface area contributed by atoms with Crippen molar-refractivity contribution in [2.24, 2.45) is 22.2 Å². The molecule has 2 aliphatic carbocycles. The molecule has 1 aromatic heterocycles. The van der Waals surface area contributed by atoms with Crippen molar-refractivity contribution in [3.63, 3.8) is 0 Å². The SMILES string of the molecule is C[C@]12CC[C@H](c3cccnc3)C[C@@]1(O)CC[C@@H]2/C=N/OCCN. The van der Waals surface area contributed by atoms with Crippen LogP contribution in [0.3, 0.4) is 0 Å². The van der Waals surface area contributed by atoms with Gasteiger partial charge in [0.1, 0.15) is 6.61 Å². The zero-order valence-electron chi connectivity index (χ0n) is 13.8. The fourth-order valence-corrected chi connectivity index (χ4v) is 4.44. The monoisotopic (exact) mass is 317 g/mol. The predicted octanol–water partition coefficient (Wildman–Crippen LogP) is 2.46. The van der Waals surface area contributed by atoms with Crippen LogP contribution in [-0.4, -0.2) is 35.1 Å². The van der Waals surface area contributed by atoms with Gasteiger partial charge < -0.3 is 15.7 Å². The minimum Gasteiger partial charge on any atom is -0.395 e. The minimum atomic E-state index is -0.629. The molecule has 0 saturated heterocycles. The number of hydrogen-bond acceptors (Lipinski definition) is 5. The van der Waals surface area contributed by atoms with E-state index in [-0.39, 0.29) is 11.3 Å². The van der Waals surface area contributed by atoms with Crippen LogP contribution in [0.15, 0.2) is 29.7 Å². The van der Waals surface area contributed by atoms with E-state index in [2.05, 4.69) is 23.1 Å². The van der Waals surface area contributed by atoms with Crippen molar-refractivity contribution in [1.82, 2.24) is 4.98 Å². The van der Waals surface area contributed by atoms with Crippen molar-refractivity contribution in [2.75, 3.05) is 13.2 Å². The average Bonchev–Trinajstić information content (AvgIpc) is 2.83. The first-order chi connectivity index (χ1) is 11.1. The van der Waals surface area contributed by atoms with Crippen LogP contribution in [0.2, 0.25) is 0 Å². The summed E-state index contributed by atoms with van der Waals surface area (Å²) in [6.45, 7) is 3.11. The molecule has 4 atom stereocenters. The number of nitrogens with zero attached hydrogens (tertiary/aromatic N) is 2. The Labute approximate surface area is 137 Å². The smallest absolute Gasteiger partial charge is 0.129 e. The van der Waals surface area contributed by atoms with E-state index < -0.39 is 5.60 Å². The zero-order valence-corrected chi connectivity index (χ0v) is 13.8. The van der Waals surface area contributed by atoms with Gasteiger partial charge in [-0.25, -0.2) is 0 Å². The van der Waals surface area contributed by atoms with Crippen LogP contribution in [-0.2, 0) is 4.84 Å². The highest BCUT2D eigenvalue weighted by Crippen LogP contribution is 2.60. The lowest BCUT2D eigenvalue weighted by Gasteiger charge is -2.48. The van der Waals surface area contributed by atoms with E-state index in [0.717, 1.165) is 32.1 Å². The van der Waals surface area contributed by atoms with Crippen LogP contribution in [0.5, 0.6) is 0 Å². The Hall–Kier alpha value is -1.46. The molecule has 0 aliphatic heterocycles. The maximum Gasteiger partial charge on any atom is 0.129 e. The quantitative estimate of drug-likeness (QED) is 0.496. The predicted molar refractivity (Wildman–Crippen MR) is 90.1 cm³/mol. The largest absolute Gasteiger partial charge is 0.395 e. The van der Waals surface area contributed by atoms with Gasteiger partial charge in [-0.15, -0.1) is 0 Å². The van der Waals surface area contributed by atoms with Gasteiger partial charge in [0.2, 0.25) is 0 Å². The second-order valence-corrected chi connectivity index (χ2v) is 7.20. The number of pyridine rings is 1. The highest BCUT2D eigenvalue weighted by Gasteiger charge is 2.58. The van der Waals surface area contributed by atoms with Crippen molar-refractivity contribution in [3.05, 3.63) is 30.1 Å². The molecule has 0 radical (unpaired) electrons. The molecule has 0 spiro atoms. The van der Waals surface area contributed by atoms with E-state index in [0.29, 0.717) is 19.1 Å². The van der Waals surface area contributed by atoms with Crippen LogP contribution < -0.4 is 5.73 Å². The first-order valence-electron chi connectivity index (χ1n) is 8.57. The van der Waals surface area contributed by atoms with Crippen LogP contribution in [0.4, 0.5) is 0 Å². The van der Waals surface area contributed by atoms with Gasteiger partial charge in [-0.3, -0.25) is 4.98 Å². The summed E-state index contributed by atoms with van der Waals surface area (Å²) in [7, 11) is 0. The molecule has 1 heterocycles. The molecular formula is C18H27N3O2. The van der Waals surface area contributed by atoms with Gasteiger partial charge in [0.25, 0.3) is 0 Å². The van der Waals surface area contributed by atoms with E-state index in [4.69, 9.17) is 10.6 Å². The van der Waals surface area contributed by atoms with Gasteiger partial charge in [0.15, 0.2) is 0 Å². The molecule has 1 aromatic rings. The molecule has 0 bridgehead atoms. The fraction of sp³-hybridized carbons (Fsp3) is 0.667. The lowest BCUT2D eigenvalue weighted by molar-refractivity contribution is -0.0959. The third-order valence-corrected chi connectivity index (χ3v) is 6.03. The van der Waals surface area contributed by atoms with E-state index in [1.54, 1.807) is 6.20 Å². The molecule has 0 unspecified atom stereocenters. The Morgan fingerprint density at radius 1 is 1.48 bits per heavy atom. The second-order valence-electron chi connectivity index (χ2n) is 7.20. The third-order valence-electron chi connectivity index (χ3n) is 6.03. The topological polar surface area (TPSA) is 80.7 Å². The lowest BCUT2D eigenvalue weighted by atomic mass is 9.59. The van der Waals surface area contributed by atoms with E-state index >= 15 is 0 Å². The van der Waals surface area contributed by atoms with Crippen LogP contribution in [0, 0.1) is 11.3 Å². The summed E-state index contributed by atoms with van der Waals surface area (Å²) in [6.07, 6.45) is 10.3. The van der Waals surface area contributed by atoms with E-state index in [1.807, 2.05) is 18.5 Å². The molecule has 0 aromatic carbocycles. The molecular weight excluding hydrogens is 290 g/mol. The van der Waals surface area contributed by atoms with Gasteiger partial charge in [-0.1, -0.05) is 18.1 Å².